The lowest BCUT2D eigenvalue weighted by atomic mass is 9.97. The van der Waals surface area contributed by atoms with Crippen LogP contribution in [0, 0.1) is 11.8 Å². The van der Waals surface area contributed by atoms with Crippen molar-refractivity contribution in [2.45, 2.75) is 32.0 Å². The quantitative estimate of drug-likeness (QED) is 0.594. The first-order valence-corrected chi connectivity index (χ1v) is 8.17. The van der Waals surface area contributed by atoms with Gasteiger partial charge in [-0.1, -0.05) is 12.0 Å². The fourth-order valence-corrected chi connectivity index (χ4v) is 3.05. The molecule has 0 amide bonds. The monoisotopic (exact) mass is 333 g/mol. The van der Waals surface area contributed by atoms with Crippen molar-refractivity contribution in [2.75, 3.05) is 0 Å². The number of halogens is 1. The van der Waals surface area contributed by atoms with Crippen molar-refractivity contribution >= 4 is 10.9 Å². The van der Waals surface area contributed by atoms with E-state index >= 15 is 0 Å². The van der Waals surface area contributed by atoms with E-state index < -0.39 is 5.67 Å². The lowest BCUT2D eigenvalue weighted by molar-refractivity contribution is 0.126. The Bertz CT molecular complexity index is 1080. The number of hydrogen-bond acceptors (Lipinski definition) is 3. The van der Waals surface area contributed by atoms with Gasteiger partial charge in [-0.2, -0.15) is 0 Å². The molecule has 0 fully saturated rings. The van der Waals surface area contributed by atoms with Crippen molar-refractivity contribution in [3.8, 4) is 11.8 Å². The molecule has 25 heavy (non-hydrogen) atoms. The summed E-state index contributed by atoms with van der Waals surface area (Å²) >= 11 is 0. The van der Waals surface area contributed by atoms with Crippen LogP contribution in [0.4, 0.5) is 4.39 Å². The summed E-state index contributed by atoms with van der Waals surface area (Å²) in [5, 5.41) is 0.491. The van der Waals surface area contributed by atoms with Crippen LogP contribution in [0.2, 0.25) is 0 Å². The highest BCUT2D eigenvalue weighted by atomic mass is 19.1. The Morgan fingerprint density at radius 2 is 2.12 bits per heavy atom. The number of rotatable bonds is 0. The van der Waals surface area contributed by atoms with Crippen LogP contribution in [-0.2, 0) is 13.0 Å². The second-order valence-electron chi connectivity index (χ2n) is 6.53. The maximum atomic E-state index is 14.2. The van der Waals surface area contributed by atoms with Crippen molar-refractivity contribution in [1.29, 1.82) is 0 Å². The van der Waals surface area contributed by atoms with Gasteiger partial charge in [-0.3, -0.25) is 9.36 Å². The fraction of sp³-hybridized carbons (Fsp3) is 0.250. The highest BCUT2D eigenvalue weighted by Crippen LogP contribution is 2.26. The zero-order valence-corrected chi connectivity index (χ0v) is 13.8. The van der Waals surface area contributed by atoms with Crippen LogP contribution in [-0.4, -0.2) is 20.2 Å². The summed E-state index contributed by atoms with van der Waals surface area (Å²) in [6.07, 6.45) is 2.53. The predicted octanol–water partition coefficient (Wildman–Crippen LogP) is 2.87. The first kappa shape index (κ1) is 15.5. The van der Waals surface area contributed by atoms with Crippen molar-refractivity contribution in [3.05, 3.63) is 70.0 Å². The molecule has 0 aliphatic carbocycles. The summed E-state index contributed by atoms with van der Waals surface area (Å²) in [6, 6.07) is 10.9. The number of alkyl halides is 1. The number of benzene rings is 1. The average Bonchev–Trinajstić information content (AvgIpc) is 2.61. The SMILES string of the molecule is CC1(F)CCc2nc3cc(C#Cc4ccccn4)ccc3c(=O)n2C1. The third-order valence-electron chi connectivity index (χ3n) is 4.39. The molecule has 1 aliphatic heterocycles. The molecule has 4 rings (SSSR count). The lowest BCUT2D eigenvalue weighted by Gasteiger charge is -2.28. The van der Waals surface area contributed by atoms with Crippen LogP contribution in [0.3, 0.4) is 0 Å². The third-order valence-corrected chi connectivity index (χ3v) is 4.39. The van der Waals surface area contributed by atoms with Gasteiger partial charge in [0.1, 0.15) is 17.2 Å². The van der Waals surface area contributed by atoms with E-state index in [0.717, 1.165) is 5.56 Å². The van der Waals surface area contributed by atoms with Crippen LogP contribution in [0.15, 0.2) is 47.4 Å². The molecule has 4 nitrogen and oxygen atoms in total. The number of nitrogens with zero attached hydrogens (tertiary/aromatic N) is 3. The van der Waals surface area contributed by atoms with E-state index in [9.17, 15) is 9.18 Å². The normalized spacial score (nSPS) is 19.1. The van der Waals surface area contributed by atoms with Crippen molar-refractivity contribution < 1.29 is 4.39 Å². The van der Waals surface area contributed by atoms with Crippen molar-refractivity contribution in [2.24, 2.45) is 0 Å². The Kier molecular flexibility index (Phi) is 3.61. The highest BCUT2D eigenvalue weighted by molar-refractivity contribution is 5.79. The number of hydrogen-bond donors (Lipinski definition) is 0. The van der Waals surface area contributed by atoms with Crippen LogP contribution in [0.1, 0.15) is 30.4 Å². The van der Waals surface area contributed by atoms with E-state index in [-0.39, 0.29) is 12.1 Å². The van der Waals surface area contributed by atoms with Crippen LogP contribution >= 0.6 is 0 Å². The summed E-state index contributed by atoms with van der Waals surface area (Å²) in [4.78, 5) is 21.4. The summed E-state index contributed by atoms with van der Waals surface area (Å²) in [7, 11) is 0. The smallest absolute Gasteiger partial charge is 0.261 e. The Morgan fingerprint density at radius 3 is 2.92 bits per heavy atom. The number of fused-ring (bicyclic) bond motifs is 2. The zero-order chi connectivity index (χ0) is 17.4. The standard InChI is InChI=1S/C20H16FN3O/c1-20(21)10-9-18-23-17-12-14(5-7-15-4-2-3-11-22-15)6-8-16(17)19(25)24(18)13-20/h2-4,6,8,11-12H,9-10,13H2,1H3. The van der Waals surface area contributed by atoms with E-state index in [1.54, 1.807) is 24.4 Å². The molecule has 0 N–H and O–H groups in total. The van der Waals surface area contributed by atoms with Gasteiger partial charge >= 0.3 is 0 Å². The summed E-state index contributed by atoms with van der Waals surface area (Å²) in [5.41, 5.74) is 0.504. The van der Waals surface area contributed by atoms with Crippen molar-refractivity contribution in [3.63, 3.8) is 0 Å². The predicted molar refractivity (Wildman–Crippen MR) is 94.1 cm³/mol. The third kappa shape index (κ3) is 3.03. The Hall–Kier alpha value is -3.00. The topological polar surface area (TPSA) is 47.8 Å². The minimum atomic E-state index is -1.36. The Balaban J connectivity index is 1.78. The van der Waals surface area contributed by atoms with Gasteiger partial charge < -0.3 is 0 Å². The van der Waals surface area contributed by atoms with Crippen molar-refractivity contribution in [1.82, 2.24) is 14.5 Å². The molecule has 0 spiro atoms. The van der Waals surface area contributed by atoms with Crippen LogP contribution in [0.25, 0.3) is 10.9 Å². The Labute approximate surface area is 144 Å². The van der Waals surface area contributed by atoms with E-state index in [1.165, 1.54) is 11.5 Å². The molecule has 5 heteroatoms. The number of pyridine rings is 1. The second-order valence-corrected chi connectivity index (χ2v) is 6.53. The molecule has 1 unspecified atom stereocenters. The summed E-state index contributed by atoms with van der Waals surface area (Å²) in [5.74, 6) is 6.68. The lowest BCUT2D eigenvalue weighted by Crippen LogP contribution is -2.39. The van der Waals surface area contributed by atoms with E-state index in [4.69, 9.17) is 0 Å². The average molecular weight is 333 g/mol. The van der Waals surface area contributed by atoms with Gasteiger partial charge in [-0.25, -0.2) is 14.4 Å². The largest absolute Gasteiger partial charge is 0.293 e. The van der Waals surface area contributed by atoms with E-state index in [0.29, 0.717) is 35.3 Å². The fourth-order valence-electron chi connectivity index (χ4n) is 3.05. The molecule has 1 aromatic carbocycles. The van der Waals surface area contributed by atoms with Gasteiger partial charge in [0, 0.05) is 18.2 Å². The summed E-state index contributed by atoms with van der Waals surface area (Å²) < 4.78 is 15.7. The van der Waals surface area contributed by atoms with Gasteiger partial charge in [0.05, 0.1) is 17.4 Å². The molecule has 0 radical (unpaired) electrons. The molecule has 1 atom stereocenters. The summed E-state index contributed by atoms with van der Waals surface area (Å²) in [6.45, 7) is 1.59. The van der Waals surface area contributed by atoms with Gasteiger partial charge in [0.25, 0.3) is 5.56 Å². The number of aromatic nitrogens is 3. The molecular formula is C20H16FN3O. The maximum absolute atomic E-state index is 14.2. The molecule has 0 saturated heterocycles. The molecule has 124 valence electrons. The van der Waals surface area contributed by atoms with E-state index in [1.807, 2.05) is 18.2 Å². The Morgan fingerprint density at radius 1 is 1.24 bits per heavy atom. The van der Waals surface area contributed by atoms with Gasteiger partial charge in [-0.15, -0.1) is 0 Å². The first-order chi connectivity index (χ1) is 12.0. The first-order valence-electron chi connectivity index (χ1n) is 8.17. The molecule has 3 aromatic rings. The second kappa shape index (κ2) is 5.82. The maximum Gasteiger partial charge on any atom is 0.261 e. The molecule has 1 aliphatic rings. The van der Waals surface area contributed by atoms with Crippen LogP contribution < -0.4 is 5.56 Å². The minimum absolute atomic E-state index is 0.0609. The minimum Gasteiger partial charge on any atom is -0.293 e. The van der Waals surface area contributed by atoms with Gasteiger partial charge in [-0.05, 0) is 49.6 Å². The number of aryl methyl sites for hydroxylation is 1. The van der Waals surface area contributed by atoms with Gasteiger partial charge in [0.15, 0.2) is 0 Å². The molecule has 0 bridgehead atoms. The van der Waals surface area contributed by atoms with Crippen LogP contribution in [0.5, 0.6) is 0 Å². The highest BCUT2D eigenvalue weighted by Gasteiger charge is 2.31. The molecule has 3 heterocycles. The molecule has 0 saturated carbocycles. The molecular weight excluding hydrogens is 317 g/mol. The molecule has 2 aromatic heterocycles. The zero-order valence-electron chi connectivity index (χ0n) is 13.8. The van der Waals surface area contributed by atoms with E-state index in [2.05, 4.69) is 21.8 Å². The van der Waals surface area contributed by atoms with Gasteiger partial charge in [0.2, 0.25) is 0 Å².